The Morgan fingerprint density at radius 2 is 1.58 bits per heavy atom. The Balaban J connectivity index is 1.40. The van der Waals surface area contributed by atoms with Crippen LogP contribution in [-0.4, -0.2) is 6.21 Å². The van der Waals surface area contributed by atoms with Crippen molar-refractivity contribution in [1.82, 2.24) is 0 Å². The average Bonchev–Trinajstić information content (AvgIpc) is 3.33. The molecule has 4 aromatic carbocycles. The molecule has 5 aromatic rings. The lowest BCUT2D eigenvalue weighted by molar-refractivity contribution is 0.443. The van der Waals surface area contributed by atoms with E-state index in [1.165, 1.54) is 18.0 Å². The van der Waals surface area contributed by atoms with E-state index in [1.807, 2.05) is 6.08 Å². The maximum Gasteiger partial charge on any atom is 0.143 e. The Bertz CT molecular complexity index is 1680. The molecular formula is C34H31NO. The normalized spacial score (nSPS) is 17.0. The van der Waals surface area contributed by atoms with Gasteiger partial charge in [0.2, 0.25) is 0 Å². The maximum absolute atomic E-state index is 8.95. The third-order valence-electron chi connectivity index (χ3n) is 7.53. The van der Waals surface area contributed by atoms with Gasteiger partial charge in [-0.2, -0.15) is 0 Å². The van der Waals surface area contributed by atoms with Gasteiger partial charge in [0.15, 0.2) is 0 Å². The van der Waals surface area contributed by atoms with Crippen LogP contribution in [0.3, 0.4) is 0 Å². The molecule has 0 saturated heterocycles. The van der Waals surface area contributed by atoms with Crippen LogP contribution in [0.15, 0.2) is 95.4 Å². The molecule has 1 heterocycles. The van der Waals surface area contributed by atoms with Crippen LogP contribution in [0, 0.1) is 5.41 Å². The van der Waals surface area contributed by atoms with Gasteiger partial charge in [0.1, 0.15) is 11.2 Å². The fourth-order valence-electron chi connectivity index (χ4n) is 5.63. The first-order chi connectivity index (χ1) is 18.1. The molecule has 1 aromatic heterocycles. The van der Waals surface area contributed by atoms with Crippen LogP contribution in [0.1, 0.15) is 63.0 Å². The predicted octanol–water partition coefficient (Wildman–Crippen LogP) is 9.92. The molecule has 0 bridgehead atoms. The van der Waals surface area contributed by atoms with Gasteiger partial charge in [0, 0.05) is 29.3 Å². The highest BCUT2D eigenvalue weighted by atomic mass is 16.3. The number of hydrogen-bond acceptors (Lipinski definition) is 2. The molecule has 1 aliphatic carbocycles. The Hall–Kier alpha value is -3.91. The lowest BCUT2D eigenvalue weighted by Gasteiger charge is -2.22. The van der Waals surface area contributed by atoms with Gasteiger partial charge in [-0.05, 0) is 65.5 Å². The predicted molar refractivity (Wildman–Crippen MR) is 154 cm³/mol. The summed E-state index contributed by atoms with van der Waals surface area (Å²) in [6.45, 7) is 2.10. The minimum absolute atomic E-state index is 0.463. The van der Waals surface area contributed by atoms with Gasteiger partial charge in [0.25, 0.3) is 0 Å². The van der Waals surface area contributed by atoms with Gasteiger partial charge in [-0.15, -0.1) is 0 Å². The lowest BCUT2D eigenvalue weighted by Crippen LogP contribution is -2.04. The van der Waals surface area contributed by atoms with Crippen LogP contribution in [0.4, 0.5) is 0 Å². The van der Waals surface area contributed by atoms with Crippen LogP contribution in [0.5, 0.6) is 0 Å². The van der Waals surface area contributed by atoms with Gasteiger partial charge >= 0.3 is 0 Å². The van der Waals surface area contributed by atoms with E-state index in [1.54, 1.807) is 0 Å². The van der Waals surface area contributed by atoms with E-state index in [0.29, 0.717) is 0 Å². The molecule has 0 unspecified atom stereocenters. The monoisotopic (exact) mass is 470 g/mol. The van der Waals surface area contributed by atoms with Crippen molar-refractivity contribution in [3.05, 3.63) is 108 Å². The second-order valence-corrected chi connectivity index (χ2v) is 9.81. The van der Waals surface area contributed by atoms with Crippen molar-refractivity contribution < 1.29 is 5.79 Å². The summed E-state index contributed by atoms with van der Waals surface area (Å²) >= 11 is 0. The minimum Gasteiger partial charge on any atom is -0.455 e. The van der Waals surface area contributed by atoms with Crippen molar-refractivity contribution in [2.24, 2.45) is 0 Å². The van der Waals surface area contributed by atoms with E-state index in [0.717, 1.165) is 80.8 Å². The number of benzene rings is 4. The van der Waals surface area contributed by atoms with E-state index in [-0.39, 0.29) is 0 Å². The first kappa shape index (κ1) is 21.4. The average molecular weight is 471 g/mol. The third kappa shape index (κ3) is 4.07. The van der Waals surface area contributed by atoms with Crippen molar-refractivity contribution in [1.29, 1.82) is 5.41 Å². The zero-order valence-electron chi connectivity index (χ0n) is 21.7. The SMILES string of the molecule is [2H]C1(c2ccc(C(=C/C=N)/C=C(\C)c3cccc4c3oc3c5ccccc5ccc43)cc2)CCCCC1. The van der Waals surface area contributed by atoms with Crippen molar-refractivity contribution in [3.8, 4) is 0 Å². The number of hydrogen-bond donors (Lipinski definition) is 1. The summed E-state index contributed by atoms with van der Waals surface area (Å²) in [5.74, 6) is -0.463. The highest BCUT2D eigenvalue weighted by Gasteiger charge is 2.16. The summed E-state index contributed by atoms with van der Waals surface area (Å²) in [6.07, 6.45) is 10.7. The largest absolute Gasteiger partial charge is 0.455 e. The maximum atomic E-state index is 8.95. The number of rotatable bonds is 5. The summed E-state index contributed by atoms with van der Waals surface area (Å²) in [4.78, 5) is 0. The number of furan rings is 1. The Labute approximate surface area is 213 Å². The molecule has 6 rings (SSSR count). The fraction of sp³-hybridized carbons (Fsp3) is 0.206. The molecule has 0 amide bonds. The van der Waals surface area contributed by atoms with Crippen molar-refractivity contribution in [3.63, 3.8) is 0 Å². The van der Waals surface area contributed by atoms with Crippen LogP contribution < -0.4 is 0 Å². The van der Waals surface area contributed by atoms with E-state index in [2.05, 4.69) is 91.9 Å². The summed E-state index contributed by atoms with van der Waals surface area (Å²) < 4.78 is 15.5. The smallest absolute Gasteiger partial charge is 0.143 e. The van der Waals surface area contributed by atoms with Gasteiger partial charge in [-0.1, -0.05) is 98.1 Å². The van der Waals surface area contributed by atoms with Crippen molar-refractivity contribution in [2.75, 3.05) is 0 Å². The zero-order valence-corrected chi connectivity index (χ0v) is 20.7. The van der Waals surface area contributed by atoms with Gasteiger partial charge in [-0.3, -0.25) is 0 Å². The van der Waals surface area contributed by atoms with Gasteiger partial charge < -0.3 is 9.83 Å². The summed E-state index contributed by atoms with van der Waals surface area (Å²) in [6, 6.07) is 27.4. The van der Waals surface area contributed by atoms with Gasteiger partial charge in [0.05, 0.1) is 0 Å². The molecule has 1 saturated carbocycles. The van der Waals surface area contributed by atoms with E-state index in [4.69, 9.17) is 11.2 Å². The molecule has 0 radical (unpaired) electrons. The molecule has 178 valence electrons. The summed E-state index contributed by atoms with van der Waals surface area (Å²) in [5.41, 5.74) is 7.07. The summed E-state index contributed by atoms with van der Waals surface area (Å²) in [5, 5.41) is 12.3. The Morgan fingerprint density at radius 3 is 2.39 bits per heavy atom. The second kappa shape index (κ2) is 9.62. The molecule has 0 aliphatic heterocycles. The quantitative estimate of drug-likeness (QED) is 0.201. The minimum atomic E-state index is -0.463. The fourth-order valence-corrected chi connectivity index (χ4v) is 5.63. The van der Waals surface area contributed by atoms with Crippen molar-refractivity contribution in [2.45, 2.75) is 44.9 Å². The standard InChI is InChI=1S/C34H31NO/c1-23(22-28(20-21-35)26-16-14-25(15-17-26)24-8-3-2-4-9-24)29-12-7-13-31-32-19-18-27-10-5-6-11-30(27)34(32)36-33(29)31/h5-7,10-22,24,35H,2-4,8-9H2,1H3/b23-22+,28-20+,35-21?/i24D. The molecule has 1 N–H and O–H groups in total. The highest BCUT2D eigenvalue weighted by Crippen LogP contribution is 2.38. The molecule has 2 heteroatoms. The van der Waals surface area contributed by atoms with Crippen LogP contribution in [0.25, 0.3) is 43.9 Å². The molecule has 2 nitrogen and oxygen atoms in total. The van der Waals surface area contributed by atoms with Crippen molar-refractivity contribution >= 4 is 50.1 Å². The number of nitrogens with one attached hydrogen (secondary N) is 1. The van der Waals surface area contributed by atoms with E-state index < -0.39 is 5.89 Å². The summed E-state index contributed by atoms with van der Waals surface area (Å²) in [7, 11) is 0. The molecule has 1 fully saturated rings. The first-order valence-corrected chi connectivity index (χ1v) is 12.9. The zero-order chi connectivity index (χ0) is 25.4. The number of allylic oxidation sites excluding steroid dienone is 4. The van der Waals surface area contributed by atoms with Crippen LogP contribution in [-0.2, 0) is 0 Å². The Morgan fingerprint density at radius 1 is 0.833 bits per heavy atom. The van der Waals surface area contributed by atoms with E-state index >= 15 is 0 Å². The molecule has 36 heavy (non-hydrogen) atoms. The number of para-hydroxylation sites is 1. The molecular weight excluding hydrogens is 438 g/mol. The second-order valence-electron chi connectivity index (χ2n) is 9.81. The lowest BCUT2D eigenvalue weighted by atomic mass is 9.83. The topological polar surface area (TPSA) is 37.0 Å². The highest BCUT2D eigenvalue weighted by molar-refractivity contribution is 6.16. The van der Waals surface area contributed by atoms with Gasteiger partial charge in [-0.25, -0.2) is 0 Å². The van der Waals surface area contributed by atoms with E-state index in [9.17, 15) is 0 Å². The molecule has 1 aliphatic rings. The Kier molecular flexibility index (Phi) is 5.71. The first-order valence-electron chi connectivity index (χ1n) is 13.4. The molecule has 0 atom stereocenters. The van der Waals surface area contributed by atoms with Crippen LogP contribution in [0.2, 0.25) is 0 Å². The molecule has 0 spiro atoms. The third-order valence-corrected chi connectivity index (χ3v) is 7.53. The van der Waals surface area contributed by atoms with Crippen LogP contribution >= 0.6 is 0 Å². The number of fused-ring (bicyclic) bond motifs is 5.